The van der Waals surface area contributed by atoms with Gasteiger partial charge in [0.1, 0.15) is 6.61 Å². The Bertz CT molecular complexity index is 430. The average molecular weight is 244 g/mol. The van der Waals surface area contributed by atoms with Crippen molar-refractivity contribution in [2.45, 2.75) is 0 Å². The molecular formula is C15H16O3. The van der Waals surface area contributed by atoms with Crippen LogP contribution in [0.3, 0.4) is 0 Å². The van der Waals surface area contributed by atoms with Gasteiger partial charge in [-0.05, 0) is 11.6 Å². The Labute approximate surface area is 107 Å². The highest BCUT2D eigenvalue weighted by Crippen LogP contribution is 2.00. The maximum absolute atomic E-state index is 10.6. The summed E-state index contributed by atoms with van der Waals surface area (Å²) in [5.74, 6) is 0. The molecule has 0 heterocycles. The first-order chi connectivity index (χ1) is 8.83. The van der Waals surface area contributed by atoms with E-state index in [0.717, 1.165) is 5.56 Å². The second-order valence-electron chi connectivity index (χ2n) is 3.35. The van der Waals surface area contributed by atoms with E-state index in [4.69, 9.17) is 0 Å². The minimum Gasteiger partial charge on any atom is -0.438 e. The van der Waals surface area contributed by atoms with Crippen molar-refractivity contribution >= 4 is 12.2 Å². The summed E-state index contributed by atoms with van der Waals surface area (Å²) in [5.41, 5.74) is 1.15. The zero-order valence-electron chi connectivity index (χ0n) is 10.3. The van der Waals surface area contributed by atoms with Crippen molar-refractivity contribution in [2.24, 2.45) is 0 Å². The number of carbonyl (C=O) groups is 1. The highest BCUT2D eigenvalue weighted by Gasteiger charge is 1.94. The van der Waals surface area contributed by atoms with E-state index in [9.17, 15) is 4.79 Å². The summed E-state index contributed by atoms with van der Waals surface area (Å²) < 4.78 is 8.99. The Balaban J connectivity index is 2.23. The number of ether oxygens (including phenoxy) is 2. The Hall–Kier alpha value is -2.29. The monoisotopic (exact) mass is 244 g/mol. The molecule has 0 bridgehead atoms. The van der Waals surface area contributed by atoms with Gasteiger partial charge in [-0.15, -0.1) is 0 Å². The molecule has 0 aromatic heterocycles. The van der Waals surface area contributed by atoms with Crippen LogP contribution in [0.4, 0.5) is 4.79 Å². The quantitative estimate of drug-likeness (QED) is 0.586. The topological polar surface area (TPSA) is 35.5 Å². The van der Waals surface area contributed by atoms with Crippen LogP contribution in [0.15, 0.2) is 60.7 Å². The highest BCUT2D eigenvalue weighted by atomic mass is 16.7. The summed E-state index contributed by atoms with van der Waals surface area (Å²) in [5, 5.41) is 0. The molecule has 0 unspecified atom stereocenters. The van der Waals surface area contributed by atoms with Crippen molar-refractivity contribution in [2.75, 3.05) is 13.7 Å². The predicted octanol–water partition coefficient (Wildman–Crippen LogP) is 3.60. The number of rotatable bonds is 5. The second-order valence-corrected chi connectivity index (χ2v) is 3.35. The first kappa shape index (κ1) is 13.8. The van der Waals surface area contributed by atoms with Gasteiger partial charge in [0.15, 0.2) is 0 Å². The molecule has 0 aliphatic heterocycles. The molecule has 0 saturated heterocycles. The van der Waals surface area contributed by atoms with Gasteiger partial charge in [0.25, 0.3) is 0 Å². The van der Waals surface area contributed by atoms with Crippen LogP contribution in [0, 0.1) is 0 Å². The number of carbonyl (C=O) groups excluding carboxylic acids is 1. The standard InChI is InChI=1S/C15H16O3/c1-17-15(16)18-13-9-4-2-3-6-10-14-11-7-5-8-12-14/h2-12H,13H2,1H3. The van der Waals surface area contributed by atoms with Gasteiger partial charge in [-0.3, -0.25) is 0 Å². The van der Waals surface area contributed by atoms with Gasteiger partial charge < -0.3 is 9.47 Å². The summed E-state index contributed by atoms with van der Waals surface area (Å²) in [6.45, 7) is 0.208. The second kappa shape index (κ2) is 8.82. The number of benzene rings is 1. The Kier molecular flexibility index (Phi) is 6.75. The zero-order valence-corrected chi connectivity index (χ0v) is 10.3. The van der Waals surface area contributed by atoms with Gasteiger partial charge in [0.2, 0.25) is 0 Å². The van der Waals surface area contributed by atoms with E-state index >= 15 is 0 Å². The molecule has 0 spiro atoms. The summed E-state index contributed by atoms with van der Waals surface area (Å²) in [6.07, 6.45) is 10.6. The van der Waals surface area contributed by atoms with Crippen LogP contribution in [0.2, 0.25) is 0 Å². The number of hydrogen-bond donors (Lipinski definition) is 0. The van der Waals surface area contributed by atoms with Crippen molar-refractivity contribution in [1.29, 1.82) is 0 Å². The molecule has 0 fully saturated rings. The summed E-state index contributed by atoms with van der Waals surface area (Å²) in [6, 6.07) is 10.0. The molecule has 0 aliphatic carbocycles. The molecule has 0 saturated carbocycles. The van der Waals surface area contributed by atoms with E-state index < -0.39 is 6.16 Å². The molecule has 0 amide bonds. The van der Waals surface area contributed by atoms with E-state index in [1.54, 1.807) is 12.2 Å². The van der Waals surface area contributed by atoms with E-state index in [2.05, 4.69) is 9.47 Å². The Morgan fingerprint density at radius 3 is 2.56 bits per heavy atom. The van der Waals surface area contributed by atoms with Gasteiger partial charge in [-0.2, -0.15) is 0 Å². The lowest BCUT2D eigenvalue weighted by Gasteiger charge is -1.96. The molecular weight excluding hydrogens is 228 g/mol. The smallest absolute Gasteiger partial charge is 0.438 e. The number of hydrogen-bond acceptors (Lipinski definition) is 3. The third kappa shape index (κ3) is 6.33. The van der Waals surface area contributed by atoms with E-state index in [-0.39, 0.29) is 6.61 Å². The summed E-state index contributed by atoms with van der Waals surface area (Å²) in [7, 11) is 1.28. The normalized spacial score (nSPS) is 11.4. The first-order valence-electron chi connectivity index (χ1n) is 5.58. The molecule has 3 nitrogen and oxygen atoms in total. The van der Waals surface area contributed by atoms with Gasteiger partial charge in [-0.25, -0.2) is 4.79 Å². The van der Waals surface area contributed by atoms with E-state index in [0.29, 0.717) is 0 Å². The molecule has 0 atom stereocenters. The van der Waals surface area contributed by atoms with Crippen LogP contribution in [-0.2, 0) is 9.47 Å². The average Bonchev–Trinajstić information content (AvgIpc) is 2.42. The predicted molar refractivity (Wildman–Crippen MR) is 72.1 cm³/mol. The van der Waals surface area contributed by atoms with Crippen molar-refractivity contribution in [1.82, 2.24) is 0 Å². The fourth-order valence-corrected chi connectivity index (χ4v) is 1.17. The SMILES string of the molecule is COC(=O)OCC=CC=CC=Cc1ccccc1. The van der Waals surface area contributed by atoms with Crippen molar-refractivity contribution in [3.63, 3.8) is 0 Å². The van der Waals surface area contributed by atoms with Gasteiger partial charge >= 0.3 is 6.16 Å². The van der Waals surface area contributed by atoms with Crippen LogP contribution in [0.5, 0.6) is 0 Å². The minimum absolute atomic E-state index is 0.208. The lowest BCUT2D eigenvalue weighted by Crippen LogP contribution is -2.03. The van der Waals surface area contributed by atoms with Crippen LogP contribution in [-0.4, -0.2) is 19.9 Å². The lowest BCUT2D eigenvalue weighted by atomic mass is 10.2. The molecule has 3 heteroatoms. The third-order valence-corrected chi connectivity index (χ3v) is 2.02. The number of allylic oxidation sites excluding steroid dienone is 4. The maximum Gasteiger partial charge on any atom is 0.508 e. The van der Waals surface area contributed by atoms with Gasteiger partial charge in [-0.1, -0.05) is 60.7 Å². The van der Waals surface area contributed by atoms with Crippen molar-refractivity contribution in [3.8, 4) is 0 Å². The van der Waals surface area contributed by atoms with Crippen molar-refractivity contribution < 1.29 is 14.3 Å². The molecule has 0 radical (unpaired) electrons. The van der Waals surface area contributed by atoms with Crippen LogP contribution in [0.1, 0.15) is 5.56 Å². The molecule has 1 rings (SSSR count). The maximum atomic E-state index is 10.6. The fourth-order valence-electron chi connectivity index (χ4n) is 1.17. The first-order valence-corrected chi connectivity index (χ1v) is 5.58. The van der Waals surface area contributed by atoms with Gasteiger partial charge in [0, 0.05) is 0 Å². The highest BCUT2D eigenvalue weighted by molar-refractivity contribution is 5.59. The zero-order chi connectivity index (χ0) is 13.1. The molecule has 0 aliphatic rings. The third-order valence-electron chi connectivity index (χ3n) is 2.02. The molecule has 94 valence electrons. The van der Waals surface area contributed by atoms with Crippen LogP contribution < -0.4 is 0 Å². The molecule has 0 N–H and O–H groups in total. The van der Waals surface area contributed by atoms with Crippen molar-refractivity contribution in [3.05, 3.63) is 66.3 Å². The van der Waals surface area contributed by atoms with Crippen LogP contribution >= 0.6 is 0 Å². The fraction of sp³-hybridized carbons (Fsp3) is 0.133. The minimum atomic E-state index is -0.674. The summed E-state index contributed by atoms with van der Waals surface area (Å²) in [4.78, 5) is 10.6. The van der Waals surface area contributed by atoms with Gasteiger partial charge in [0.05, 0.1) is 7.11 Å². The Morgan fingerprint density at radius 1 is 1.11 bits per heavy atom. The van der Waals surface area contributed by atoms with E-state index in [1.807, 2.05) is 54.6 Å². The molecule has 18 heavy (non-hydrogen) atoms. The molecule has 1 aromatic carbocycles. The Morgan fingerprint density at radius 2 is 1.83 bits per heavy atom. The van der Waals surface area contributed by atoms with Crippen LogP contribution in [0.25, 0.3) is 6.08 Å². The van der Waals surface area contributed by atoms with E-state index in [1.165, 1.54) is 7.11 Å². The summed E-state index contributed by atoms with van der Waals surface area (Å²) >= 11 is 0. The number of methoxy groups -OCH3 is 1. The lowest BCUT2D eigenvalue weighted by molar-refractivity contribution is 0.0818. The molecule has 1 aromatic rings. The largest absolute Gasteiger partial charge is 0.508 e.